The van der Waals surface area contributed by atoms with Gasteiger partial charge in [0.05, 0.1) is 13.2 Å². The van der Waals surface area contributed by atoms with E-state index in [9.17, 15) is 5.11 Å². The van der Waals surface area contributed by atoms with Crippen LogP contribution >= 0.6 is 0 Å². The Bertz CT molecular complexity index is 609. The second-order valence-corrected chi connectivity index (χ2v) is 6.56. The molecule has 0 amide bonds. The van der Waals surface area contributed by atoms with Crippen LogP contribution in [0.15, 0.2) is 41.4 Å². The van der Waals surface area contributed by atoms with Gasteiger partial charge < -0.3 is 19.3 Å². The maximum atomic E-state index is 9.52. The summed E-state index contributed by atoms with van der Waals surface area (Å²) in [5, 5.41) is 9.52. The molecular weight excluding hydrogens is 332 g/mol. The van der Waals surface area contributed by atoms with Crippen LogP contribution in [-0.2, 0) is 9.47 Å². The van der Waals surface area contributed by atoms with Crippen LogP contribution in [0.25, 0.3) is 0 Å². The fourth-order valence-electron chi connectivity index (χ4n) is 3.10. The van der Waals surface area contributed by atoms with Crippen molar-refractivity contribution in [3.63, 3.8) is 0 Å². The molecule has 0 spiro atoms. The number of aliphatic hydroxyl groups excluding tert-OH is 1. The van der Waals surface area contributed by atoms with Crippen molar-refractivity contribution >= 4 is 5.71 Å². The Morgan fingerprint density at radius 1 is 1.27 bits per heavy atom. The van der Waals surface area contributed by atoms with E-state index in [2.05, 4.69) is 28.1 Å². The molecular formula is C20H28N2O4. The van der Waals surface area contributed by atoms with Gasteiger partial charge in [0.15, 0.2) is 6.29 Å². The standard InChI is InChI=1S/C20H28N2O4/c1-24-20(23)14-18-5-2-17(15-21-18)16-3-6-19(7-4-16)26-13-10-22-8-11-25-12-9-22/h2-7,17,20,23H,8-15H2,1H3. The van der Waals surface area contributed by atoms with Crippen molar-refractivity contribution in [2.45, 2.75) is 18.6 Å². The molecule has 0 aromatic heterocycles. The smallest absolute Gasteiger partial charge is 0.159 e. The maximum absolute atomic E-state index is 9.52. The van der Waals surface area contributed by atoms with Crippen LogP contribution in [0.3, 0.4) is 0 Å². The van der Waals surface area contributed by atoms with Crippen molar-refractivity contribution in [3.8, 4) is 5.75 Å². The Kier molecular flexibility index (Phi) is 7.20. The summed E-state index contributed by atoms with van der Waals surface area (Å²) in [5.74, 6) is 1.16. The predicted molar refractivity (Wildman–Crippen MR) is 101 cm³/mol. The third kappa shape index (κ3) is 5.64. The Morgan fingerprint density at radius 3 is 2.69 bits per heavy atom. The molecule has 0 bridgehead atoms. The Balaban J connectivity index is 1.44. The molecule has 6 nitrogen and oxygen atoms in total. The summed E-state index contributed by atoms with van der Waals surface area (Å²) < 4.78 is 16.1. The molecule has 1 aromatic rings. The van der Waals surface area contributed by atoms with Gasteiger partial charge in [-0.15, -0.1) is 0 Å². The zero-order valence-electron chi connectivity index (χ0n) is 15.3. The SMILES string of the molecule is COC(O)CC1=NCC(c2ccc(OCCN3CCOCC3)cc2)C=C1. The van der Waals surface area contributed by atoms with E-state index in [4.69, 9.17) is 14.2 Å². The second kappa shape index (κ2) is 9.83. The van der Waals surface area contributed by atoms with Crippen LogP contribution in [0.5, 0.6) is 5.75 Å². The van der Waals surface area contributed by atoms with Crippen molar-refractivity contribution in [2.75, 3.05) is 53.1 Å². The van der Waals surface area contributed by atoms with Gasteiger partial charge in [-0.3, -0.25) is 9.89 Å². The molecule has 0 radical (unpaired) electrons. The quantitative estimate of drug-likeness (QED) is 0.717. The molecule has 1 fully saturated rings. The molecule has 1 N–H and O–H groups in total. The van der Waals surface area contributed by atoms with E-state index in [1.54, 1.807) is 0 Å². The highest BCUT2D eigenvalue weighted by atomic mass is 16.6. The summed E-state index contributed by atoms with van der Waals surface area (Å²) in [5.41, 5.74) is 2.09. The van der Waals surface area contributed by atoms with Gasteiger partial charge >= 0.3 is 0 Å². The summed E-state index contributed by atoms with van der Waals surface area (Å²) in [4.78, 5) is 6.90. The summed E-state index contributed by atoms with van der Waals surface area (Å²) in [6, 6.07) is 8.25. The van der Waals surface area contributed by atoms with E-state index in [1.807, 2.05) is 18.2 Å². The molecule has 2 heterocycles. The molecule has 1 aromatic carbocycles. The fourth-order valence-corrected chi connectivity index (χ4v) is 3.10. The zero-order chi connectivity index (χ0) is 18.2. The molecule has 1 saturated heterocycles. The minimum absolute atomic E-state index is 0.265. The molecule has 3 rings (SSSR count). The van der Waals surface area contributed by atoms with Gasteiger partial charge in [0.2, 0.25) is 0 Å². The van der Waals surface area contributed by atoms with Crippen LogP contribution in [0.4, 0.5) is 0 Å². The number of allylic oxidation sites excluding steroid dienone is 1. The first-order valence-corrected chi connectivity index (χ1v) is 9.20. The molecule has 2 aliphatic rings. The van der Waals surface area contributed by atoms with Crippen LogP contribution in [0, 0.1) is 0 Å². The average Bonchev–Trinajstić information content (AvgIpc) is 2.70. The van der Waals surface area contributed by atoms with E-state index in [1.165, 1.54) is 12.7 Å². The van der Waals surface area contributed by atoms with E-state index in [-0.39, 0.29) is 5.92 Å². The lowest BCUT2D eigenvalue weighted by molar-refractivity contribution is -0.0670. The topological polar surface area (TPSA) is 63.5 Å². The molecule has 26 heavy (non-hydrogen) atoms. The normalized spacial score (nSPS) is 22.1. The summed E-state index contributed by atoms with van der Waals surface area (Å²) >= 11 is 0. The minimum Gasteiger partial charge on any atom is -0.492 e. The highest BCUT2D eigenvalue weighted by Crippen LogP contribution is 2.24. The monoisotopic (exact) mass is 360 g/mol. The fraction of sp³-hybridized carbons (Fsp3) is 0.550. The number of hydrogen-bond acceptors (Lipinski definition) is 6. The number of dihydropyridines is 1. The van der Waals surface area contributed by atoms with Gasteiger partial charge in [0.1, 0.15) is 12.4 Å². The van der Waals surface area contributed by atoms with Gasteiger partial charge in [-0.1, -0.05) is 18.2 Å². The number of benzene rings is 1. The first-order chi connectivity index (χ1) is 12.7. The molecule has 2 aliphatic heterocycles. The molecule has 6 heteroatoms. The van der Waals surface area contributed by atoms with E-state index in [0.29, 0.717) is 19.6 Å². The largest absolute Gasteiger partial charge is 0.492 e. The minimum atomic E-state index is -0.788. The molecule has 142 valence electrons. The molecule has 0 aliphatic carbocycles. The summed E-state index contributed by atoms with van der Waals surface area (Å²) in [6.07, 6.45) is 3.75. The number of hydrogen-bond donors (Lipinski definition) is 1. The highest BCUT2D eigenvalue weighted by Gasteiger charge is 2.14. The van der Waals surface area contributed by atoms with Gasteiger partial charge in [0, 0.05) is 51.3 Å². The van der Waals surface area contributed by atoms with Crippen molar-refractivity contribution in [3.05, 3.63) is 42.0 Å². The number of aliphatic imine (C=N–C) groups is 1. The van der Waals surface area contributed by atoms with Crippen molar-refractivity contribution in [1.29, 1.82) is 0 Å². The second-order valence-electron chi connectivity index (χ2n) is 6.56. The first-order valence-electron chi connectivity index (χ1n) is 9.20. The van der Waals surface area contributed by atoms with Crippen molar-refractivity contribution in [1.82, 2.24) is 4.90 Å². The molecule has 0 saturated carbocycles. The van der Waals surface area contributed by atoms with E-state index < -0.39 is 6.29 Å². The van der Waals surface area contributed by atoms with Crippen molar-refractivity contribution < 1.29 is 19.3 Å². The van der Waals surface area contributed by atoms with Gasteiger partial charge in [-0.2, -0.15) is 0 Å². The van der Waals surface area contributed by atoms with E-state index in [0.717, 1.165) is 44.3 Å². The van der Waals surface area contributed by atoms with Crippen LogP contribution in [-0.4, -0.2) is 75.1 Å². The lowest BCUT2D eigenvalue weighted by Crippen LogP contribution is -2.38. The molecule has 2 unspecified atom stereocenters. The summed E-state index contributed by atoms with van der Waals surface area (Å²) in [7, 11) is 1.49. The zero-order valence-corrected chi connectivity index (χ0v) is 15.3. The van der Waals surface area contributed by atoms with E-state index >= 15 is 0 Å². The predicted octanol–water partition coefficient (Wildman–Crippen LogP) is 1.85. The lowest BCUT2D eigenvalue weighted by Gasteiger charge is -2.26. The van der Waals surface area contributed by atoms with Crippen molar-refractivity contribution in [2.24, 2.45) is 4.99 Å². The average molecular weight is 360 g/mol. The van der Waals surface area contributed by atoms with Gasteiger partial charge in [0.25, 0.3) is 0 Å². The first kappa shape index (κ1) is 19.0. The van der Waals surface area contributed by atoms with Crippen LogP contribution in [0.2, 0.25) is 0 Å². The van der Waals surface area contributed by atoms with Crippen LogP contribution in [0.1, 0.15) is 17.9 Å². The van der Waals surface area contributed by atoms with Gasteiger partial charge in [-0.25, -0.2) is 0 Å². The number of morpholine rings is 1. The number of ether oxygens (including phenoxy) is 3. The third-order valence-corrected chi connectivity index (χ3v) is 4.76. The van der Waals surface area contributed by atoms with Crippen LogP contribution < -0.4 is 4.74 Å². The number of methoxy groups -OCH3 is 1. The Morgan fingerprint density at radius 2 is 2.04 bits per heavy atom. The number of aliphatic hydroxyl groups is 1. The number of nitrogens with zero attached hydrogens (tertiary/aromatic N) is 2. The van der Waals surface area contributed by atoms with Gasteiger partial charge in [-0.05, 0) is 23.8 Å². The third-order valence-electron chi connectivity index (χ3n) is 4.76. The number of rotatable bonds is 8. The Hall–Kier alpha value is -1.73. The highest BCUT2D eigenvalue weighted by molar-refractivity contribution is 5.96. The summed E-state index contributed by atoms with van der Waals surface area (Å²) in [6.45, 7) is 5.93. The maximum Gasteiger partial charge on any atom is 0.159 e. The lowest BCUT2D eigenvalue weighted by atomic mass is 9.96. The molecule has 2 atom stereocenters. The Labute approximate surface area is 155 Å².